The van der Waals surface area contributed by atoms with Gasteiger partial charge in [-0.25, -0.2) is 0 Å². The Balaban J connectivity index is 2.84. The fourth-order valence-corrected chi connectivity index (χ4v) is 1.95. The number of aromatic amines is 1. The van der Waals surface area contributed by atoms with Crippen molar-refractivity contribution < 1.29 is 4.79 Å². The molecule has 1 N–H and O–H groups in total. The molecular weight excluding hydrogens is 284 g/mol. The van der Waals surface area contributed by atoms with Crippen molar-refractivity contribution in [2.24, 2.45) is 0 Å². The number of rotatable bonds is 6. The summed E-state index contributed by atoms with van der Waals surface area (Å²) in [6.45, 7) is 3.38. The Labute approximate surface area is 109 Å². The molecule has 94 valence electrons. The molecule has 0 radical (unpaired) electrons. The normalized spacial score (nSPS) is 10.2. The molecule has 0 saturated carbocycles. The van der Waals surface area contributed by atoms with E-state index < -0.39 is 0 Å². The van der Waals surface area contributed by atoms with E-state index >= 15 is 0 Å². The van der Waals surface area contributed by atoms with Crippen molar-refractivity contribution in [1.29, 1.82) is 0 Å². The summed E-state index contributed by atoms with van der Waals surface area (Å²) in [6, 6.07) is 1.37. The number of carbonyl (C=O) groups excluding carboxylic acids is 1. The van der Waals surface area contributed by atoms with Crippen LogP contribution in [0.1, 0.15) is 30.1 Å². The lowest BCUT2D eigenvalue weighted by Crippen LogP contribution is -2.36. The van der Waals surface area contributed by atoms with Gasteiger partial charge in [-0.05, 0) is 6.42 Å². The molecule has 4 nitrogen and oxygen atoms in total. The number of carbonyl (C=O) groups is 1. The maximum atomic E-state index is 12.1. The average molecular weight is 301 g/mol. The second kappa shape index (κ2) is 7.27. The molecule has 0 atom stereocenters. The van der Waals surface area contributed by atoms with Crippen molar-refractivity contribution in [3.63, 3.8) is 0 Å². The van der Waals surface area contributed by atoms with Crippen LogP contribution in [-0.2, 0) is 0 Å². The molecule has 1 aromatic heterocycles. The predicted molar refractivity (Wildman–Crippen MR) is 71.7 cm³/mol. The highest BCUT2D eigenvalue weighted by atomic mass is 79.9. The predicted octanol–water partition coefficient (Wildman–Crippen LogP) is 2.01. The summed E-state index contributed by atoms with van der Waals surface area (Å²) >= 11 is 3.32. The highest BCUT2D eigenvalue weighted by Gasteiger charge is 2.16. The number of hydrogen-bond donors (Lipinski definition) is 1. The maximum absolute atomic E-state index is 12.1. The van der Waals surface area contributed by atoms with Crippen LogP contribution in [0, 0.1) is 0 Å². The molecule has 1 rings (SSSR count). The van der Waals surface area contributed by atoms with Crippen LogP contribution in [-0.4, -0.2) is 34.2 Å². The zero-order valence-corrected chi connectivity index (χ0v) is 11.5. The van der Waals surface area contributed by atoms with Crippen molar-refractivity contribution in [2.45, 2.75) is 19.8 Å². The number of nitrogens with zero attached hydrogens (tertiary/aromatic N) is 1. The van der Waals surface area contributed by atoms with Crippen LogP contribution in [0.25, 0.3) is 0 Å². The third kappa shape index (κ3) is 4.00. The maximum Gasteiger partial charge on any atom is 0.259 e. The van der Waals surface area contributed by atoms with E-state index in [2.05, 4.69) is 27.8 Å². The van der Waals surface area contributed by atoms with Crippen LogP contribution in [0.15, 0.2) is 23.3 Å². The standard InChI is InChI=1S/C12H17BrN2O2/c1-2-3-7-15(8-5-13)12(17)10-9-14-6-4-11(10)16/h4,6,9H,2-3,5,7-8H2,1H3,(H,14,16). The SMILES string of the molecule is CCCCN(CCBr)C(=O)c1c[nH]ccc1=O. The quantitative estimate of drug-likeness (QED) is 0.817. The van der Waals surface area contributed by atoms with E-state index in [4.69, 9.17) is 0 Å². The molecule has 1 amide bonds. The van der Waals surface area contributed by atoms with E-state index in [1.165, 1.54) is 18.5 Å². The van der Waals surface area contributed by atoms with Crippen LogP contribution in [0.5, 0.6) is 0 Å². The summed E-state index contributed by atoms with van der Waals surface area (Å²) in [5, 5.41) is 0.715. The summed E-state index contributed by atoms with van der Waals surface area (Å²) in [4.78, 5) is 28.2. The molecule has 0 saturated heterocycles. The Bertz CT molecular complexity index is 417. The number of alkyl halides is 1. The van der Waals surface area contributed by atoms with E-state index in [-0.39, 0.29) is 16.9 Å². The number of pyridine rings is 1. The summed E-state index contributed by atoms with van der Waals surface area (Å²) in [6.07, 6.45) is 4.97. The van der Waals surface area contributed by atoms with Gasteiger partial charge in [0.15, 0.2) is 5.43 Å². The molecule has 0 aliphatic rings. The van der Waals surface area contributed by atoms with Gasteiger partial charge in [-0.15, -0.1) is 0 Å². The van der Waals surface area contributed by atoms with Gasteiger partial charge in [0, 0.05) is 36.9 Å². The number of H-pyrrole nitrogens is 1. The Kier molecular flexibility index (Phi) is 5.97. The molecule has 0 spiro atoms. The Morgan fingerprint density at radius 3 is 2.82 bits per heavy atom. The molecule has 0 unspecified atom stereocenters. The Morgan fingerprint density at radius 2 is 2.24 bits per heavy atom. The van der Waals surface area contributed by atoms with Gasteiger partial charge in [-0.3, -0.25) is 9.59 Å². The van der Waals surface area contributed by atoms with Gasteiger partial charge in [-0.2, -0.15) is 0 Å². The van der Waals surface area contributed by atoms with Crippen LogP contribution in [0.4, 0.5) is 0 Å². The number of aromatic nitrogens is 1. The highest BCUT2D eigenvalue weighted by Crippen LogP contribution is 2.02. The van der Waals surface area contributed by atoms with Gasteiger partial charge >= 0.3 is 0 Å². The number of hydrogen-bond acceptors (Lipinski definition) is 2. The third-order valence-corrected chi connectivity index (χ3v) is 2.83. The van der Waals surface area contributed by atoms with E-state index in [0.29, 0.717) is 18.4 Å². The third-order valence-electron chi connectivity index (χ3n) is 2.48. The molecular formula is C12H17BrN2O2. The molecule has 0 aliphatic heterocycles. The molecule has 1 heterocycles. The molecule has 0 aromatic carbocycles. The van der Waals surface area contributed by atoms with E-state index in [1.54, 1.807) is 4.90 Å². The van der Waals surface area contributed by atoms with Crippen molar-refractivity contribution in [3.8, 4) is 0 Å². The smallest absolute Gasteiger partial charge is 0.259 e. The van der Waals surface area contributed by atoms with Crippen LogP contribution in [0.3, 0.4) is 0 Å². The second-order valence-electron chi connectivity index (χ2n) is 3.76. The largest absolute Gasteiger partial charge is 0.367 e. The minimum absolute atomic E-state index is 0.195. The lowest BCUT2D eigenvalue weighted by atomic mass is 10.2. The van der Waals surface area contributed by atoms with E-state index in [0.717, 1.165) is 12.8 Å². The fraction of sp³-hybridized carbons (Fsp3) is 0.500. The molecule has 17 heavy (non-hydrogen) atoms. The highest BCUT2D eigenvalue weighted by molar-refractivity contribution is 9.09. The number of halogens is 1. The Morgan fingerprint density at radius 1 is 1.47 bits per heavy atom. The summed E-state index contributed by atoms with van der Waals surface area (Å²) < 4.78 is 0. The van der Waals surface area contributed by atoms with Gasteiger partial charge in [0.2, 0.25) is 0 Å². The molecule has 0 aliphatic carbocycles. The first kappa shape index (κ1) is 14.0. The summed E-state index contributed by atoms with van der Waals surface area (Å²) in [5.41, 5.74) is -0.0191. The molecule has 0 bridgehead atoms. The van der Waals surface area contributed by atoms with E-state index in [9.17, 15) is 9.59 Å². The topological polar surface area (TPSA) is 53.2 Å². The molecule has 0 fully saturated rings. The van der Waals surface area contributed by atoms with Crippen molar-refractivity contribution in [1.82, 2.24) is 9.88 Å². The fourth-order valence-electron chi connectivity index (χ4n) is 1.52. The van der Waals surface area contributed by atoms with Crippen molar-refractivity contribution in [3.05, 3.63) is 34.2 Å². The van der Waals surface area contributed by atoms with Crippen molar-refractivity contribution in [2.75, 3.05) is 18.4 Å². The summed E-state index contributed by atoms with van der Waals surface area (Å²) in [5.74, 6) is -0.195. The summed E-state index contributed by atoms with van der Waals surface area (Å²) in [7, 11) is 0. The number of unbranched alkanes of at least 4 members (excludes halogenated alkanes) is 1. The molecule has 5 heteroatoms. The Hall–Kier alpha value is -1.10. The van der Waals surface area contributed by atoms with Gasteiger partial charge in [0.1, 0.15) is 5.56 Å². The van der Waals surface area contributed by atoms with Crippen LogP contribution >= 0.6 is 15.9 Å². The minimum atomic E-state index is -0.232. The van der Waals surface area contributed by atoms with Crippen molar-refractivity contribution >= 4 is 21.8 Å². The zero-order chi connectivity index (χ0) is 12.7. The first-order chi connectivity index (χ1) is 8.20. The molecule has 1 aromatic rings. The van der Waals surface area contributed by atoms with Gasteiger partial charge < -0.3 is 9.88 Å². The number of nitrogens with one attached hydrogen (secondary N) is 1. The number of amides is 1. The van der Waals surface area contributed by atoms with Crippen LogP contribution in [0.2, 0.25) is 0 Å². The van der Waals surface area contributed by atoms with E-state index in [1.807, 2.05) is 0 Å². The van der Waals surface area contributed by atoms with Gasteiger partial charge in [0.05, 0.1) is 0 Å². The first-order valence-electron chi connectivity index (χ1n) is 5.73. The monoisotopic (exact) mass is 300 g/mol. The lowest BCUT2D eigenvalue weighted by Gasteiger charge is -2.21. The minimum Gasteiger partial charge on any atom is -0.367 e. The zero-order valence-electron chi connectivity index (χ0n) is 9.91. The van der Waals surface area contributed by atoms with Gasteiger partial charge in [-0.1, -0.05) is 29.3 Å². The van der Waals surface area contributed by atoms with Crippen LogP contribution < -0.4 is 5.43 Å². The van der Waals surface area contributed by atoms with Gasteiger partial charge in [0.25, 0.3) is 5.91 Å². The second-order valence-corrected chi connectivity index (χ2v) is 4.55. The average Bonchev–Trinajstić information content (AvgIpc) is 2.34. The lowest BCUT2D eigenvalue weighted by molar-refractivity contribution is 0.0762. The first-order valence-corrected chi connectivity index (χ1v) is 6.85.